The molecule has 8 nitrogen and oxygen atoms in total. The molecule has 0 bridgehead atoms. The zero-order valence-corrected chi connectivity index (χ0v) is 27.9. The Labute approximate surface area is 267 Å². The van der Waals surface area contributed by atoms with E-state index in [0.29, 0.717) is 33.0 Å². The Kier molecular flexibility index (Phi) is 8.54. The highest BCUT2D eigenvalue weighted by molar-refractivity contribution is 7.17. The lowest BCUT2D eigenvalue weighted by Gasteiger charge is -2.33. The standard InChI is InChI=1S/C34H42N4O4S2/c1-33(2,3)19-10-12-21-23(15-19)43-31(25(21)27(35)39)37-29(41)17-8-7-9-18(14-17)30(42)38-32-26(28(36)40)22-13-11-20(34(4,5)6)16-24(22)44-32/h7-9,14,19-20H,10-13,15-16H2,1-6H3,(H2,35,39)(H2,36,40)(H,37,41)(H,38,42). The van der Waals surface area contributed by atoms with Gasteiger partial charge in [-0.25, -0.2) is 0 Å². The number of rotatable bonds is 6. The molecule has 0 aliphatic heterocycles. The zero-order valence-electron chi connectivity index (χ0n) is 26.3. The van der Waals surface area contributed by atoms with Gasteiger partial charge in [-0.1, -0.05) is 47.6 Å². The maximum Gasteiger partial charge on any atom is 0.256 e. The van der Waals surface area contributed by atoms with Crippen molar-refractivity contribution in [3.05, 3.63) is 67.4 Å². The van der Waals surface area contributed by atoms with E-state index in [-0.39, 0.29) is 22.0 Å². The normalized spacial score (nSPS) is 18.2. The van der Waals surface area contributed by atoms with E-state index in [1.807, 2.05) is 0 Å². The number of anilines is 2. The highest BCUT2D eigenvalue weighted by atomic mass is 32.1. The first-order valence-corrected chi connectivity index (χ1v) is 16.8. The minimum Gasteiger partial charge on any atom is -0.365 e. The number of nitrogens with one attached hydrogen (secondary N) is 2. The molecule has 4 amide bonds. The zero-order chi connectivity index (χ0) is 32.1. The summed E-state index contributed by atoms with van der Waals surface area (Å²) in [5, 5.41) is 6.68. The number of fused-ring (bicyclic) bond motifs is 2. The maximum absolute atomic E-state index is 13.4. The Balaban J connectivity index is 1.36. The number of hydrogen-bond donors (Lipinski definition) is 4. The molecule has 2 aliphatic carbocycles. The minimum absolute atomic E-state index is 0.133. The molecular formula is C34H42N4O4S2. The van der Waals surface area contributed by atoms with Gasteiger partial charge in [0, 0.05) is 20.9 Å². The van der Waals surface area contributed by atoms with Gasteiger partial charge in [0.25, 0.3) is 23.6 Å². The Morgan fingerprint density at radius 2 is 1.09 bits per heavy atom. The van der Waals surface area contributed by atoms with Crippen LogP contribution in [0, 0.1) is 22.7 Å². The van der Waals surface area contributed by atoms with Crippen molar-refractivity contribution in [1.29, 1.82) is 0 Å². The Hall–Kier alpha value is -3.50. The van der Waals surface area contributed by atoms with Crippen LogP contribution in [0.15, 0.2) is 24.3 Å². The Morgan fingerprint density at radius 1 is 0.705 bits per heavy atom. The number of benzene rings is 1. The molecule has 2 atom stereocenters. The molecule has 0 fully saturated rings. The van der Waals surface area contributed by atoms with E-state index in [0.717, 1.165) is 59.4 Å². The van der Waals surface area contributed by atoms with Gasteiger partial charge in [0.2, 0.25) is 0 Å². The average molecular weight is 635 g/mol. The van der Waals surface area contributed by atoms with Crippen LogP contribution in [0.3, 0.4) is 0 Å². The van der Waals surface area contributed by atoms with Crippen LogP contribution in [-0.4, -0.2) is 23.6 Å². The van der Waals surface area contributed by atoms with Crippen molar-refractivity contribution >= 4 is 56.3 Å². The Bertz CT molecular complexity index is 1540. The van der Waals surface area contributed by atoms with Gasteiger partial charge in [0.15, 0.2) is 0 Å². The van der Waals surface area contributed by atoms with Crippen LogP contribution in [0.4, 0.5) is 10.0 Å². The first-order valence-electron chi connectivity index (χ1n) is 15.2. The molecule has 0 saturated heterocycles. The number of nitrogens with two attached hydrogens (primary N) is 2. The van der Waals surface area contributed by atoms with E-state index in [2.05, 4.69) is 52.2 Å². The van der Waals surface area contributed by atoms with Gasteiger partial charge in [-0.05, 0) is 90.5 Å². The topological polar surface area (TPSA) is 144 Å². The summed E-state index contributed by atoms with van der Waals surface area (Å²) in [6.07, 6.45) is 5.08. The Morgan fingerprint density at radius 3 is 1.43 bits per heavy atom. The first kappa shape index (κ1) is 31.9. The van der Waals surface area contributed by atoms with Crippen molar-refractivity contribution in [2.24, 2.45) is 34.1 Å². The molecule has 10 heteroatoms. The number of carbonyl (C=O) groups is 4. The summed E-state index contributed by atoms with van der Waals surface area (Å²) in [5.41, 5.74) is 15.0. The third kappa shape index (κ3) is 6.33. The van der Waals surface area contributed by atoms with E-state index >= 15 is 0 Å². The molecule has 234 valence electrons. The van der Waals surface area contributed by atoms with Crippen molar-refractivity contribution in [3.8, 4) is 0 Å². The van der Waals surface area contributed by atoms with E-state index < -0.39 is 23.6 Å². The molecule has 3 aromatic rings. The number of thiophene rings is 2. The SMILES string of the molecule is CC(C)(C)C1CCc2c(sc(NC(=O)c3cccc(C(=O)Nc4sc5c(c4C(N)=O)CCC(C(C)(C)C)C5)c3)c2C(N)=O)C1. The van der Waals surface area contributed by atoms with Gasteiger partial charge < -0.3 is 22.1 Å². The lowest BCUT2D eigenvalue weighted by molar-refractivity contribution is 0.0989. The maximum atomic E-state index is 13.4. The molecule has 6 N–H and O–H groups in total. The van der Waals surface area contributed by atoms with Crippen LogP contribution in [-0.2, 0) is 25.7 Å². The van der Waals surface area contributed by atoms with Crippen molar-refractivity contribution in [2.45, 2.75) is 80.1 Å². The highest BCUT2D eigenvalue weighted by Gasteiger charge is 2.35. The van der Waals surface area contributed by atoms with Gasteiger partial charge in [-0.2, -0.15) is 0 Å². The van der Waals surface area contributed by atoms with Crippen LogP contribution in [0.2, 0.25) is 0 Å². The molecule has 1 aromatic carbocycles. The van der Waals surface area contributed by atoms with Crippen molar-refractivity contribution in [2.75, 3.05) is 10.6 Å². The van der Waals surface area contributed by atoms with Gasteiger partial charge in [0.1, 0.15) is 10.0 Å². The predicted octanol–water partition coefficient (Wildman–Crippen LogP) is 6.81. The van der Waals surface area contributed by atoms with E-state index in [4.69, 9.17) is 11.5 Å². The predicted molar refractivity (Wildman–Crippen MR) is 178 cm³/mol. The van der Waals surface area contributed by atoms with Crippen LogP contribution in [0.1, 0.15) is 117 Å². The molecule has 2 unspecified atom stereocenters. The summed E-state index contributed by atoms with van der Waals surface area (Å²) >= 11 is 2.82. The fourth-order valence-corrected chi connectivity index (χ4v) is 9.16. The van der Waals surface area contributed by atoms with Crippen LogP contribution < -0.4 is 22.1 Å². The number of amides is 4. The molecule has 2 heterocycles. The second-order valence-electron chi connectivity index (χ2n) is 14.2. The smallest absolute Gasteiger partial charge is 0.256 e. The first-order chi connectivity index (χ1) is 20.5. The fraction of sp³-hybridized carbons (Fsp3) is 0.471. The van der Waals surface area contributed by atoms with Crippen molar-refractivity contribution in [3.63, 3.8) is 0 Å². The molecule has 0 spiro atoms. The van der Waals surface area contributed by atoms with E-state index in [9.17, 15) is 19.2 Å². The second-order valence-corrected chi connectivity index (χ2v) is 16.5. The quantitative estimate of drug-likeness (QED) is 0.236. The number of carbonyl (C=O) groups excluding carboxylic acids is 4. The molecule has 2 aromatic heterocycles. The monoisotopic (exact) mass is 634 g/mol. The van der Waals surface area contributed by atoms with Gasteiger partial charge in [-0.3, -0.25) is 19.2 Å². The van der Waals surface area contributed by atoms with Gasteiger partial charge in [0.05, 0.1) is 11.1 Å². The van der Waals surface area contributed by atoms with Gasteiger partial charge >= 0.3 is 0 Å². The summed E-state index contributed by atoms with van der Waals surface area (Å²) < 4.78 is 0. The third-order valence-corrected chi connectivity index (χ3v) is 11.7. The number of hydrogen-bond acceptors (Lipinski definition) is 6. The summed E-state index contributed by atoms with van der Waals surface area (Å²) in [5.74, 6) is -1.05. The lowest BCUT2D eigenvalue weighted by Crippen LogP contribution is -2.27. The number of primary amides is 2. The van der Waals surface area contributed by atoms with E-state index in [1.165, 1.54) is 28.7 Å². The summed E-state index contributed by atoms with van der Waals surface area (Å²) in [4.78, 5) is 53.9. The second kappa shape index (κ2) is 11.8. The molecule has 0 saturated carbocycles. The minimum atomic E-state index is -0.558. The molecule has 0 radical (unpaired) electrons. The van der Waals surface area contributed by atoms with Crippen LogP contribution in [0.25, 0.3) is 0 Å². The fourth-order valence-electron chi connectivity index (χ4n) is 6.50. The van der Waals surface area contributed by atoms with Crippen LogP contribution >= 0.6 is 22.7 Å². The van der Waals surface area contributed by atoms with Crippen LogP contribution in [0.5, 0.6) is 0 Å². The summed E-state index contributed by atoms with van der Waals surface area (Å²) in [6.45, 7) is 13.3. The van der Waals surface area contributed by atoms with Crippen molar-refractivity contribution < 1.29 is 19.2 Å². The summed E-state index contributed by atoms with van der Waals surface area (Å²) in [6, 6.07) is 6.37. The van der Waals surface area contributed by atoms with Crippen molar-refractivity contribution in [1.82, 2.24) is 0 Å². The average Bonchev–Trinajstić information content (AvgIpc) is 3.48. The third-order valence-electron chi connectivity index (χ3n) is 9.31. The highest BCUT2D eigenvalue weighted by Crippen LogP contribution is 2.45. The molecular weight excluding hydrogens is 593 g/mol. The summed E-state index contributed by atoms with van der Waals surface area (Å²) in [7, 11) is 0. The molecule has 44 heavy (non-hydrogen) atoms. The largest absolute Gasteiger partial charge is 0.365 e. The lowest BCUT2D eigenvalue weighted by atomic mass is 9.72. The van der Waals surface area contributed by atoms with E-state index in [1.54, 1.807) is 18.2 Å². The molecule has 2 aliphatic rings. The molecule has 5 rings (SSSR count). The van der Waals surface area contributed by atoms with Gasteiger partial charge in [-0.15, -0.1) is 22.7 Å².